The Balaban J connectivity index is 2.22. The first-order valence-electron chi connectivity index (χ1n) is 11.5. The van der Waals surface area contributed by atoms with Crippen LogP contribution < -0.4 is 14.8 Å². The van der Waals surface area contributed by atoms with Gasteiger partial charge in [-0.25, -0.2) is 0 Å². The lowest BCUT2D eigenvalue weighted by Crippen LogP contribution is -2.50. The van der Waals surface area contributed by atoms with Gasteiger partial charge in [-0.1, -0.05) is 58.0 Å². The van der Waals surface area contributed by atoms with Crippen molar-refractivity contribution in [2.45, 2.75) is 72.0 Å². The summed E-state index contributed by atoms with van der Waals surface area (Å²) >= 11 is 0. The van der Waals surface area contributed by atoms with Crippen LogP contribution in [0.15, 0.2) is 48.5 Å². The van der Waals surface area contributed by atoms with Crippen LogP contribution in [0.5, 0.6) is 11.5 Å². The zero-order valence-corrected chi connectivity index (χ0v) is 21.0. The summed E-state index contributed by atoms with van der Waals surface area (Å²) in [6, 6.07) is 14.6. The summed E-state index contributed by atoms with van der Waals surface area (Å²) in [5.41, 5.74) is 1.82. The molecule has 0 saturated carbocycles. The molecule has 2 atom stereocenters. The van der Waals surface area contributed by atoms with Crippen molar-refractivity contribution in [3.05, 3.63) is 59.7 Å². The minimum atomic E-state index is -0.643. The molecule has 1 N–H and O–H groups in total. The molecule has 0 aliphatic carbocycles. The number of carbonyl (C=O) groups is 2. The van der Waals surface area contributed by atoms with E-state index in [1.165, 1.54) is 0 Å². The van der Waals surface area contributed by atoms with E-state index in [1.54, 1.807) is 18.9 Å². The van der Waals surface area contributed by atoms with Gasteiger partial charge in [0, 0.05) is 12.6 Å². The second-order valence-electron chi connectivity index (χ2n) is 9.40. The molecule has 0 radical (unpaired) electrons. The van der Waals surface area contributed by atoms with Crippen LogP contribution in [-0.4, -0.2) is 42.5 Å². The number of carbonyl (C=O) groups excluding carboxylic acids is 2. The maximum Gasteiger partial charge on any atom is 0.261 e. The lowest BCUT2D eigenvalue weighted by Gasteiger charge is -2.30. The normalized spacial score (nSPS) is 13.1. The maximum atomic E-state index is 13.3. The van der Waals surface area contributed by atoms with E-state index in [-0.39, 0.29) is 29.9 Å². The van der Waals surface area contributed by atoms with Gasteiger partial charge in [-0.15, -0.1) is 0 Å². The molecule has 2 rings (SSSR count). The van der Waals surface area contributed by atoms with Crippen LogP contribution in [0, 0.1) is 0 Å². The number of benzene rings is 2. The highest BCUT2D eigenvalue weighted by Gasteiger charge is 2.28. The number of ether oxygens (including phenoxy) is 2. The van der Waals surface area contributed by atoms with Crippen molar-refractivity contribution in [3.8, 4) is 11.5 Å². The van der Waals surface area contributed by atoms with Crippen molar-refractivity contribution in [1.82, 2.24) is 10.2 Å². The Hall–Kier alpha value is -3.02. The van der Waals surface area contributed by atoms with E-state index < -0.39 is 6.04 Å². The number of nitrogens with one attached hydrogen (secondary N) is 1. The molecule has 0 saturated heterocycles. The average Bonchev–Trinajstić information content (AvgIpc) is 2.80. The van der Waals surface area contributed by atoms with Crippen LogP contribution in [-0.2, 0) is 21.5 Å². The monoisotopic (exact) mass is 454 g/mol. The second-order valence-corrected chi connectivity index (χ2v) is 9.40. The van der Waals surface area contributed by atoms with E-state index in [4.69, 9.17) is 9.47 Å². The molecule has 2 aromatic carbocycles. The molecule has 2 unspecified atom stereocenters. The van der Waals surface area contributed by atoms with Crippen LogP contribution in [0.1, 0.15) is 59.1 Å². The van der Waals surface area contributed by atoms with E-state index in [1.807, 2.05) is 62.4 Å². The number of amides is 2. The Bertz CT molecular complexity index is 918. The Morgan fingerprint density at radius 2 is 1.67 bits per heavy atom. The number of para-hydroxylation sites is 1. The Kier molecular flexibility index (Phi) is 9.32. The third-order valence-corrected chi connectivity index (χ3v) is 5.73. The van der Waals surface area contributed by atoms with Crippen molar-refractivity contribution in [2.24, 2.45) is 0 Å². The molecule has 6 heteroatoms. The van der Waals surface area contributed by atoms with Crippen LogP contribution >= 0.6 is 0 Å². The molecule has 2 amide bonds. The predicted molar refractivity (Wildman–Crippen MR) is 132 cm³/mol. The van der Waals surface area contributed by atoms with Gasteiger partial charge in [-0.3, -0.25) is 9.59 Å². The topological polar surface area (TPSA) is 67.9 Å². The molecule has 0 heterocycles. The maximum absolute atomic E-state index is 13.3. The third-order valence-electron chi connectivity index (χ3n) is 5.73. The largest absolute Gasteiger partial charge is 0.497 e. The number of methoxy groups -OCH3 is 1. The van der Waals surface area contributed by atoms with Gasteiger partial charge in [-0.2, -0.15) is 0 Å². The van der Waals surface area contributed by atoms with Crippen LogP contribution in [0.4, 0.5) is 0 Å². The van der Waals surface area contributed by atoms with Crippen molar-refractivity contribution in [3.63, 3.8) is 0 Å². The molecule has 0 spiro atoms. The Morgan fingerprint density at radius 3 is 2.24 bits per heavy atom. The average molecular weight is 455 g/mol. The molecular formula is C27H38N2O4. The molecule has 0 aliphatic rings. The smallest absolute Gasteiger partial charge is 0.261 e. The summed E-state index contributed by atoms with van der Waals surface area (Å²) in [5.74, 6) is 0.989. The molecule has 2 aromatic rings. The number of hydrogen-bond acceptors (Lipinski definition) is 4. The lowest BCUT2D eigenvalue weighted by atomic mass is 9.86. The second kappa shape index (κ2) is 11.7. The van der Waals surface area contributed by atoms with E-state index in [9.17, 15) is 9.59 Å². The molecule has 6 nitrogen and oxygen atoms in total. The third kappa shape index (κ3) is 7.52. The fourth-order valence-corrected chi connectivity index (χ4v) is 3.41. The van der Waals surface area contributed by atoms with Crippen LogP contribution in [0.25, 0.3) is 0 Å². The number of rotatable bonds is 10. The van der Waals surface area contributed by atoms with Crippen molar-refractivity contribution < 1.29 is 19.1 Å². The minimum Gasteiger partial charge on any atom is -0.497 e. The quantitative estimate of drug-likeness (QED) is 0.565. The molecule has 0 aromatic heterocycles. The summed E-state index contributed by atoms with van der Waals surface area (Å²) in [6.45, 7) is 12.2. The first-order valence-corrected chi connectivity index (χ1v) is 11.5. The van der Waals surface area contributed by atoms with E-state index >= 15 is 0 Å². The minimum absolute atomic E-state index is 0.0350. The lowest BCUT2D eigenvalue weighted by molar-refractivity contribution is -0.142. The first-order chi connectivity index (χ1) is 15.6. The van der Waals surface area contributed by atoms with Crippen LogP contribution in [0.3, 0.4) is 0 Å². The van der Waals surface area contributed by atoms with Crippen LogP contribution in [0.2, 0.25) is 0 Å². The number of hydrogen-bond donors (Lipinski definition) is 1. The van der Waals surface area contributed by atoms with Gasteiger partial charge >= 0.3 is 0 Å². The summed E-state index contributed by atoms with van der Waals surface area (Å²) in [7, 11) is 1.61. The summed E-state index contributed by atoms with van der Waals surface area (Å²) in [6.07, 6.45) is 0.817. The highest BCUT2D eigenvalue weighted by atomic mass is 16.5. The SMILES string of the molecule is CCC(C)NC(=O)C(C)N(Cc1ccc(OC)cc1)C(=O)COc1ccccc1C(C)(C)C. The highest BCUT2D eigenvalue weighted by molar-refractivity contribution is 5.88. The predicted octanol–water partition coefficient (Wildman–Crippen LogP) is 4.70. The van der Waals surface area contributed by atoms with Gasteiger partial charge in [0.1, 0.15) is 17.5 Å². The molecule has 180 valence electrons. The zero-order valence-electron chi connectivity index (χ0n) is 21.0. The fourth-order valence-electron chi connectivity index (χ4n) is 3.41. The van der Waals surface area contributed by atoms with Gasteiger partial charge in [0.25, 0.3) is 5.91 Å². The van der Waals surface area contributed by atoms with Gasteiger partial charge in [0.2, 0.25) is 5.91 Å². The Morgan fingerprint density at radius 1 is 1.03 bits per heavy atom. The summed E-state index contributed by atoms with van der Waals surface area (Å²) in [4.78, 5) is 27.7. The van der Waals surface area contributed by atoms with E-state index in [0.717, 1.165) is 23.3 Å². The Labute approximate surface area is 198 Å². The zero-order chi connectivity index (χ0) is 24.6. The summed E-state index contributed by atoms with van der Waals surface area (Å²) < 4.78 is 11.2. The van der Waals surface area contributed by atoms with Crippen molar-refractivity contribution in [2.75, 3.05) is 13.7 Å². The number of nitrogens with zero attached hydrogens (tertiary/aromatic N) is 1. The van der Waals surface area contributed by atoms with Crippen molar-refractivity contribution in [1.29, 1.82) is 0 Å². The standard InChI is InChI=1S/C27H38N2O4/c1-8-19(2)28-26(31)20(3)29(17-21-13-15-22(32-7)16-14-21)25(30)18-33-24-12-10-9-11-23(24)27(4,5)6/h9-16,19-20H,8,17-18H2,1-7H3,(H,28,31). The van der Waals surface area contributed by atoms with Gasteiger partial charge < -0.3 is 19.7 Å². The van der Waals surface area contributed by atoms with Gasteiger partial charge in [0.15, 0.2) is 6.61 Å². The molecule has 33 heavy (non-hydrogen) atoms. The highest BCUT2D eigenvalue weighted by Crippen LogP contribution is 2.31. The van der Waals surface area contributed by atoms with Crippen molar-refractivity contribution >= 4 is 11.8 Å². The van der Waals surface area contributed by atoms with Gasteiger partial charge in [0.05, 0.1) is 7.11 Å². The van der Waals surface area contributed by atoms with Gasteiger partial charge in [-0.05, 0) is 55.0 Å². The molecular weight excluding hydrogens is 416 g/mol. The van der Waals surface area contributed by atoms with E-state index in [2.05, 4.69) is 26.1 Å². The summed E-state index contributed by atoms with van der Waals surface area (Å²) in [5, 5.41) is 2.98. The molecule has 0 aliphatic heterocycles. The molecule has 0 fully saturated rings. The first kappa shape index (κ1) is 26.2. The molecule has 0 bridgehead atoms. The fraction of sp³-hybridized carbons (Fsp3) is 0.481. The van der Waals surface area contributed by atoms with E-state index in [0.29, 0.717) is 12.3 Å².